The van der Waals surface area contributed by atoms with Gasteiger partial charge in [-0.15, -0.1) is 10.2 Å². The second-order valence-electron chi connectivity index (χ2n) is 4.78. The molecule has 0 saturated heterocycles. The highest BCUT2D eigenvalue weighted by atomic mass is 32.2. The lowest BCUT2D eigenvalue weighted by Crippen LogP contribution is -2.22. The number of rotatable bonds is 8. The highest BCUT2D eigenvalue weighted by Crippen LogP contribution is 2.25. The molecule has 7 nitrogen and oxygen atoms in total. The van der Waals surface area contributed by atoms with Crippen molar-refractivity contribution in [3.05, 3.63) is 41.8 Å². The third-order valence-corrected chi connectivity index (χ3v) is 4.22. The quantitative estimate of drug-likeness (QED) is 0.578. The van der Waals surface area contributed by atoms with E-state index in [0.29, 0.717) is 18.6 Å². The van der Waals surface area contributed by atoms with Crippen LogP contribution in [0.4, 0.5) is 0 Å². The van der Waals surface area contributed by atoms with Crippen molar-refractivity contribution < 1.29 is 18.7 Å². The van der Waals surface area contributed by atoms with E-state index in [0.717, 1.165) is 11.8 Å². The van der Waals surface area contributed by atoms with Crippen LogP contribution in [0.15, 0.2) is 40.0 Å². The van der Waals surface area contributed by atoms with Gasteiger partial charge in [0.15, 0.2) is 0 Å². The van der Waals surface area contributed by atoms with Crippen LogP contribution in [0.5, 0.6) is 0 Å². The Morgan fingerprint density at radius 2 is 2.00 bits per heavy atom. The van der Waals surface area contributed by atoms with Crippen molar-refractivity contribution in [3.63, 3.8) is 0 Å². The molecule has 1 aromatic heterocycles. The number of esters is 1. The molecule has 0 aliphatic heterocycles. The molecular formula is C16H19N3O4S. The zero-order valence-corrected chi connectivity index (χ0v) is 14.3. The largest absolute Gasteiger partial charge is 0.465 e. The molecule has 1 heterocycles. The normalized spacial score (nSPS) is 11.8. The minimum Gasteiger partial charge on any atom is -0.465 e. The number of nitrogens with one attached hydrogen (secondary N) is 1. The van der Waals surface area contributed by atoms with Crippen LogP contribution in [-0.2, 0) is 16.1 Å². The van der Waals surface area contributed by atoms with E-state index < -0.39 is 5.25 Å². The number of hydrogen-bond acceptors (Lipinski definition) is 7. The highest BCUT2D eigenvalue weighted by Gasteiger charge is 2.22. The van der Waals surface area contributed by atoms with Crippen molar-refractivity contribution in [2.75, 3.05) is 6.61 Å². The van der Waals surface area contributed by atoms with Crippen molar-refractivity contribution in [3.8, 4) is 0 Å². The molecule has 24 heavy (non-hydrogen) atoms. The lowest BCUT2D eigenvalue weighted by molar-refractivity contribution is -0.142. The average molecular weight is 349 g/mol. The summed E-state index contributed by atoms with van der Waals surface area (Å²) >= 11 is 1.16. The molecule has 0 unspecified atom stereocenters. The minimum atomic E-state index is -0.392. The Labute approximate surface area is 144 Å². The van der Waals surface area contributed by atoms with Gasteiger partial charge in [0.25, 0.3) is 11.1 Å². The smallest absolute Gasteiger partial charge is 0.319 e. The Balaban J connectivity index is 1.88. The third-order valence-electron chi connectivity index (χ3n) is 3.05. The molecule has 0 spiro atoms. The maximum absolute atomic E-state index is 11.9. The first-order valence-corrected chi connectivity index (χ1v) is 8.50. The van der Waals surface area contributed by atoms with Gasteiger partial charge >= 0.3 is 5.97 Å². The fourth-order valence-corrected chi connectivity index (χ4v) is 2.67. The van der Waals surface area contributed by atoms with E-state index in [4.69, 9.17) is 9.15 Å². The molecule has 0 radical (unpaired) electrons. The fraction of sp³-hybridized carbons (Fsp3) is 0.375. The number of nitrogens with zero attached hydrogens (tertiary/aromatic N) is 2. The number of hydrogen-bond donors (Lipinski definition) is 1. The van der Waals surface area contributed by atoms with Gasteiger partial charge in [0.05, 0.1) is 13.2 Å². The Morgan fingerprint density at radius 3 is 2.67 bits per heavy atom. The van der Waals surface area contributed by atoms with Crippen molar-refractivity contribution >= 4 is 23.6 Å². The summed E-state index contributed by atoms with van der Waals surface area (Å²) in [5.74, 6) is -0.247. The molecule has 0 saturated carbocycles. The highest BCUT2D eigenvalue weighted by molar-refractivity contribution is 8.00. The van der Waals surface area contributed by atoms with E-state index in [2.05, 4.69) is 15.5 Å². The van der Waals surface area contributed by atoms with Gasteiger partial charge in [0.1, 0.15) is 5.25 Å². The summed E-state index contributed by atoms with van der Waals surface area (Å²) in [6.45, 7) is 4.09. The molecule has 2 rings (SSSR count). The lowest BCUT2D eigenvalue weighted by atomic mass is 10.2. The molecule has 1 atom stereocenters. The second kappa shape index (κ2) is 9.07. The van der Waals surface area contributed by atoms with Gasteiger partial charge in [-0.25, -0.2) is 0 Å². The number of carbonyl (C=O) groups excluding carboxylic acids is 2. The van der Waals surface area contributed by atoms with Crippen molar-refractivity contribution in [1.29, 1.82) is 0 Å². The Bertz CT molecular complexity index is 675. The van der Waals surface area contributed by atoms with E-state index >= 15 is 0 Å². The zero-order chi connectivity index (χ0) is 17.4. The first-order valence-electron chi connectivity index (χ1n) is 7.63. The van der Waals surface area contributed by atoms with Gasteiger partial charge in [0.2, 0.25) is 5.89 Å². The number of ether oxygens (including phenoxy) is 1. The monoisotopic (exact) mass is 349 g/mol. The summed E-state index contributed by atoms with van der Waals surface area (Å²) in [6, 6.07) is 8.85. The maximum atomic E-state index is 11.9. The van der Waals surface area contributed by atoms with Gasteiger partial charge in [-0.3, -0.25) is 9.59 Å². The summed E-state index contributed by atoms with van der Waals surface area (Å²) in [5, 5.41) is 10.3. The van der Waals surface area contributed by atoms with Crippen LogP contribution in [-0.4, -0.2) is 33.9 Å². The Morgan fingerprint density at radius 1 is 1.25 bits per heavy atom. The van der Waals surface area contributed by atoms with Gasteiger partial charge in [-0.1, -0.05) is 36.9 Å². The third kappa shape index (κ3) is 5.09. The number of aromatic nitrogens is 2. The molecule has 1 aromatic carbocycles. The summed E-state index contributed by atoms with van der Waals surface area (Å²) < 4.78 is 10.4. The first-order chi connectivity index (χ1) is 11.6. The molecular weight excluding hydrogens is 330 g/mol. The molecule has 1 N–H and O–H groups in total. The van der Waals surface area contributed by atoms with E-state index in [1.807, 2.05) is 13.0 Å². The number of benzene rings is 1. The average Bonchev–Trinajstić information content (AvgIpc) is 3.06. The summed E-state index contributed by atoms with van der Waals surface area (Å²) in [7, 11) is 0. The molecule has 0 fully saturated rings. The number of amides is 1. The van der Waals surface area contributed by atoms with Crippen molar-refractivity contribution in [2.24, 2.45) is 0 Å². The molecule has 8 heteroatoms. The van der Waals surface area contributed by atoms with Gasteiger partial charge in [-0.2, -0.15) is 0 Å². The zero-order valence-electron chi connectivity index (χ0n) is 13.5. The standard InChI is InChI=1S/C16H19N3O4S/c1-3-12(15(21)22-4-2)24-16-19-18-13(23-16)10-17-14(20)11-8-6-5-7-9-11/h5-9,12H,3-4,10H2,1-2H3,(H,17,20)/t12-/m1/s1. The molecule has 1 amide bonds. The Hall–Kier alpha value is -2.35. The van der Waals surface area contributed by atoms with Crippen LogP contribution < -0.4 is 5.32 Å². The molecule has 0 bridgehead atoms. The van der Waals surface area contributed by atoms with E-state index in [1.54, 1.807) is 31.2 Å². The van der Waals surface area contributed by atoms with Crippen LogP contribution in [0.25, 0.3) is 0 Å². The number of thioether (sulfide) groups is 1. The molecule has 0 aliphatic rings. The summed E-state index contributed by atoms with van der Waals surface area (Å²) in [5.41, 5.74) is 0.556. The second-order valence-corrected chi connectivity index (χ2v) is 5.93. The number of carbonyl (C=O) groups is 2. The van der Waals surface area contributed by atoms with E-state index in [-0.39, 0.29) is 29.5 Å². The lowest BCUT2D eigenvalue weighted by Gasteiger charge is -2.09. The summed E-state index contributed by atoms with van der Waals surface area (Å²) in [4.78, 5) is 23.7. The van der Waals surface area contributed by atoms with Crippen LogP contribution in [0.1, 0.15) is 36.5 Å². The van der Waals surface area contributed by atoms with Crippen molar-refractivity contribution in [2.45, 2.75) is 37.3 Å². The van der Waals surface area contributed by atoms with Crippen LogP contribution >= 0.6 is 11.8 Å². The van der Waals surface area contributed by atoms with Crippen LogP contribution in [0.3, 0.4) is 0 Å². The van der Waals surface area contributed by atoms with Crippen LogP contribution in [0, 0.1) is 0 Å². The van der Waals surface area contributed by atoms with Crippen LogP contribution in [0.2, 0.25) is 0 Å². The van der Waals surface area contributed by atoms with Gasteiger partial charge in [0, 0.05) is 5.56 Å². The first kappa shape index (κ1) is 18.0. The SMILES string of the molecule is CCOC(=O)[C@@H](CC)Sc1nnc(CNC(=O)c2ccccc2)o1. The minimum absolute atomic E-state index is 0.123. The van der Waals surface area contributed by atoms with E-state index in [9.17, 15) is 9.59 Å². The molecule has 2 aromatic rings. The molecule has 128 valence electrons. The Kier molecular flexibility index (Phi) is 6.80. The topological polar surface area (TPSA) is 94.3 Å². The van der Waals surface area contributed by atoms with E-state index in [1.165, 1.54) is 0 Å². The summed E-state index contributed by atoms with van der Waals surface area (Å²) in [6.07, 6.45) is 0.589. The maximum Gasteiger partial charge on any atom is 0.319 e. The van der Waals surface area contributed by atoms with Crippen molar-refractivity contribution in [1.82, 2.24) is 15.5 Å². The van der Waals surface area contributed by atoms with Gasteiger partial charge < -0.3 is 14.5 Å². The fourth-order valence-electron chi connectivity index (χ4n) is 1.86. The predicted molar refractivity (Wildman–Crippen MR) is 88.5 cm³/mol. The van der Waals surface area contributed by atoms with Gasteiger partial charge in [-0.05, 0) is 25.5 Å². The predicted octanol–water partition coefficient (Wildman–Crippen LogP) is 2.43. The molecule has 0 aliphatic carbocycles.